The fourth-order valence-electron chi connectivity index (χ4n) is 3.49. The van der Waals surface area contributed by atoms with Gasteiger partial charge in [-0.3, -0.25) is 9.67 Å². The summed E-state index contributed by atoms with van der Waals surface area (Å²) in [5.74, 6) is -3.50. The second kappa shape index (κ2) is 9.22. The molecule has 0 spiro atoms. The Morgan fingerprint density at radius 2 is 1.80 bits per heavy atom. The maximum atomic E-state index is 15.8. The summed E-state index contributed by atoms with van der Waals surface area (Å²) in [7, 11) is -4.97. The van der Waals surface area contributed by atoms with Gasteiger partial charge in [-0.05, 0) is 55.0 Å². The summed E-state index contributed by atoms with van der Waals surface area (Å²) >= 11 is 0. The maximum absolute atomic E-state index is 15.8. The Balaban J connectivity index is 1.95. The summed E-state index contributed by atoms with van der Waals surface area (Å²) in [5.41, 5.74) is -1.00. The lowest BCUT2D eigenvalue weighted by Gasteiger charge is -2.21. The minimum atomic E-state index is -4.97. The maximum Gasteiger partial charge on any atom is 0.426 e. The van der Waals surface area contributed by atoms with Gasteiger partial charge in [-0.15, -0.1) is 0 Å². The number of sulfonamides is 1. The number of pyridine rings is 1. The predicted molar refractivity (Wildman–Crippen MR) is 121 cm³/mol. The van der Waals surface area contributed by atoms with Gasteiger partial charge in [0.15, 0.2) is 5.82 Å². The van der Waals surface area contributed by atoms with E-state index in [0.717, 1.165) is 24.3 Å². The van der Waals surface area contributed by atoms with Crippen molar-refractivity contribution in [1.82, 2.24) is 14.8 Å². The number of aromatic nitrogens is 3. The number of halogens is 3. The van der Waals surface area contributed by atoms with E-state index in [4.69, 9.17) is 0 Å². The molecule has 0 saturated heterocycles. The van der Waals surface area contributed by atoms with Crippen molar-refractivity contribution in [3.05, 3.63) is 84.6 Å². The minimum absolute atomic E-state index is 0.164. The highest BCUT2D eigenvalue weighted by atomic mass is 32.2. The van der Waals surface area contributed by atoms with Crippen LogP contribution in [0.5, 0.6) is 0 Å². The number of amides is 1. The highest BCUT2D eigenvalue weighted by molar-refractivity contribution is 7.93. The molecule has 2 aromatic heterocycles. The van der Waals surface area contributed by atoms with E-state index < -0.39 is 49.7 Å². The Bertz CT molecular complexity index is 1530. The van der Waals surface area contributed by atoms with Crippen molar-refractivity contribution in [3.8, 4) is 22.4 Å². The van der Waals surface area contributed by atoms with Crippen LogP contribution in [0.15, 0.2) is 72.0 Å². The van der Waals surface area contributed by atoms with Gasteiger partial charge in [0.2, 0.25) is 0 Å². The van der Waals surface area contributed by atoms with Crippen molar-refractivity contribution in [2.24, 2.45) is 0 Å². The van der Waals surface area contributed by atoms with Crippen LogP contribution in [0.4, 0.5) is 23.7 Å². The molecule has 0 bridgehead atoms. The Morgan fingerprint density at radius 1 is 1.09 bits per heavy atom. The average Bonchev–Trinajstić information content (AvgIpc) is 3.25. The number of anilines is 1. The third-order valence-electron chi connectivity index (χ3n) is 5.11. The molecule has 4 aromatic rings. The summed E-state index contributed by atoms with van der Waals surface area (Å²) in [4.78, 5) is 15.2. The molecule has 0 atom stereocenters. The molecule has 180 valence electrons. The lowest BCUT2D eigenvalue weighted by Crippen LogP contribution is -2.36. The lowest BCUT2D eigenvalue weighted by molar-refractivity contribution is 0.206. The van der Waals surface area contributed by atoms with Crippen LogP contribution < -0.4 is 4.31 Å². The molecule has 2 heterocycles. The number of hydrogen-bond donors (Lipinski definition) is 1. The van der Waals surface area contributed by atoms with Gasteiger partial charge in [0.1, 0.15) is 23.0 Å². The standard InChI is InChI=1S/C23H17F3N4O4S/c1-2-29-13-17(14-8-10-27-11-9-14)22(28-29)20-18(25)6-7-19(21(20)26)30(23(31)32)35(33,34)16-5-3-4-15(24)12-16/h3-13H,2H2,1H3,(H,31,32). The molecule has 0 fully saturated rings. The zero-order valence-electron chi connectivity index (χ0n) is 18.1. The number of rotatable bonds is 6. The van der Waals surface area contributed by atoms with Gasteiger partial charge < -0.3 is 5.11 Å². The molecular formula is C23H17F3N4O4S. The van der Waals surface area contributed by atoms with E-state index in [9.17, 15) is 27.1 Å². The van der Waals surface area contributed by atoms with E-state index in [-0.39, 0.29) is 10.00 Å². The summed E-state index contributed by atoms with van der Waals surface area (Å²) in [6.45, 7) is 2.12. The number of nitrogens with zero attached hydrogens (tertiary/aromatic N) is 4. The first-order valence-electron chi connectivity index (χ1n) is 10.1. The van der Waals surface area contributed by atoms with Crippen LogP contribution in [0, 0.1) is 17.5 Å². The zero-order valence-corrected chi connectivity index (χ0v) is 18.9. The molecule has 8 nitrogen and oxygen atoms in total. The second-order valence-electron chi connectivity index (χ2n) is 7.25. The molecule has 12 heteroatoms. The zero-order chi connectivity index (χ0) is 25.3. The van der Waals surface area contributed by atoms with Crippen LogP contribution in [0.3, 0.4) is 0 Å². The highest BCUT2D eigenvalue weighted by Gasteiger charge is 2.35. The number of benzene rings is 2. The normalized spacial score (nSPS) is 11.4. The first-order valence-corrected chi connectivity index (χ1v) is 11.6. The lowest BCUT2D eigenvalue weighted by atomic mass is 10.0. The second-order valence-corrected chi connectivity index (χ2v) is 9.03. The SMILES string of the molecule is CCn1cc(-c2ccncc2)c(-c2c(F)ccc(N(C(=O)O)S(=O)(=O)c3cccc(F)c3)c2F)n1. The van der Waals surface area contributed by atoms with E-state index in [1.54, 1.807) is 25.3 Å². The quantitative estimate of drug-likeness (QED) is 0.401. The van der Waals surface area contributed by atoms with E-state index in [1.165, 1.54) is 17.1 Å². The highest BCUT2D eigenvalue weighted by Crippen LogP contribution is 2.38. The molecule has 0 saturated carbocycles. The van der Waals surface area contributed by atoms with Gasteiger partial charge in [0.05, 0.1) is 10.5 Å². The smallest absolute Gasteiger partial charge is 0.426 e. The molecule has 0 aliphatic rings. The van der Waals surface area contributed by atoms with Crippen LogP contribution in [0.25, 0.3) is 22.4 Å². The number of hydrogen-bond acceptors (Lipinski definition) is 5. The Labute approximate surface area is 197 Å². The first kappa shape index (κ1) is 24.0. The van der Waals surface area contributed by atoms with E-state index >= 15 is 4.39 Å². The molecule has 0 aliphatic carbocycles. The number of aryl methyl sites for hydroxylation is 1. The largest absolute Gasteiger partial charge is 0.464 e. The van der Waals surface area contributed by atoms with E-state index in [1.807, 2.05) is 0 Å². The Kier molecular flexibility index (Phi) is 6.31. The fourth-order valence-corrected chi connectivity index (χ4v) is 4.82. The molecular weight excluding hydrogens is 485 g/mol. The Morgan fingerprint density at radius 3 is 2.43 bits per heavy atom. The molecule has 1 N–H and O–H groups in total. The summed E-state index contributed by atoms with van der Waals surface area (Å²) in [6, 6.07) is 8.20. The number of carboxylic acid groups (broad SMARTS) is 1. The van der Waals surface area contributed by atoms with Crippen molar-refractivity contribution in [2.75, 3.05) is 4.31 Å². The average molecular weight is 502 g/mol. The molecule has 0 radical (unpaired) electrons. The van der Waals surface area contributed by atoms with E-state index in [0.29, 0.717) is 29.8 Å². The van der Waals surface area contributed by atoms with Crippen LogP contribution >= 0.6 is 0 Å². The van der Waals surface area contributed by atoms with Gasteiger partial charge in [-0.1, -0.05) is 6.07 Å². The van der Waals surface area contributed by atoms with Crippen LogP contribution in [0.1, 0.15) is 6.92 Å². The third kappa shape index (κ3) is 4.35. The van der Waals surface area contributed by atoms with Gasteiger partial charge in [0, 0.05) is 30.7 Å². The molecule has 35 heavy (non-hydrogen) atoms. The number of carbonyl (C=O) groups is 1. The van der Waals surface area contributed by atoms with Crippen LogP contribution in [-0.2, 0) is 16.6 Å². The molecule has 4 rings (SSSR count). The minimum Gasteiger partial charge on any atom is -0.464 e. The van der Waals surface area contributed by atoms with Crippen LogP contribution in [0.2, 0.25) is 0 Å². The van der Waals surface area contributed by atoms with Crippen molar-refractivity contribution in [2.45, 2.75) is 18.4 Å². The fraction of sp³-hybridized carbons (Fsp3) is 0.0870. The molecule has 1 amide bonds. The third-order valence-corrected chi connectivity index (χ3v) is 6.79. The van der Waals surface area contributed by atoms with Crippen molar-refractivity contribution in [1.29, 1.82) is 0 Å². The predicted octanol–water partition coefficient (Wildman–Crippen LogP) is 4.92. The van der Waals surface area contributed by atoms with Gasteiger partial charge >= 0.3 is 6.09 Å². The first-order chi connectivity index (χ1) is 16.6. The molecule has 2 aromatic carbocycles. The monoisotopic (exact) mass is 502 g/mol. The van der Waals surface area contributed by atoms with Gasteiger partial charge in [-0.25, -0.2) is 26.4 Å². The van der Waals surface area contributed by atoms with Crippen LogP contribution in [-0.4, -0.2) is 34.4 Å². The van der Waals surface area contributed by atoms with Gasteiger partial charge in [0.25, 0.3) is 10.0 Å². The summed E-state index contributed by atoms with van der Waals surface area (Å²) in [5, 5.41) is 13.9. The van der Waals surface area contributed by atoms with Gasteiger partial charge in [-0.2, -0.15) is 9.40 Å². The molecule has 0 unspecified atom stereocenters. The Hall–Kier alpha value is -4.19. The topological polar surface area (TPSA) is 105 Å². The van der Waals surface area contributed by atoms with E-state index in [2.05, 4.69) is 10.1 Å². The molecule has 0 aliphatic heterocycles. The van der Waals surface area contributed by atoms with Crippen molar-refractivity contribution < 1.29 is 31.5 Å². The van der Waals surface area contributed by atoms with Crippen molar-refractivity contribution >= 4 is 21.8 Å². The summed E-state index contributed by atoms with van der Waals surface area (Å²) < 4.78 is 71.7. The van der Waals surface area contributed by atoms with Crippen molar-refractivity contribution in [3.63, 3.8) is 0 Å². The summed E-state index contributed by atoms with van der Waals surface area (Å²) in [6.07, 6.45) is 2.43.